The Hall–Kier alpha value is -2.74. The van der Waals surface area contributed by atoms with E-state index in [1.165, 1.54) is 29.8 Å². The fourth-order valence-corrected chi connectivity index (χ4v) is 4.59. The summed E-state index contributed by atoms with van der Waals surface area (Å²) in [4.78, 5) is 38.1. The molecule has 0 radical (unpaired) electrons. The molecule has 1 N–H and O–H groups in total. The number of hydrogen-bond donors (Lipinski definition) is 1. The number of ether oxygens (including phenoxy) is 1. The minimum Gasteiger partial charge on any atom is -0.466 e. The zero-order valence-electron chi connectivity index (χ0n) is 16.4. The van der Waals surface area contributed by atoms with Crippen LogP contribution in [0.25, 0.3) is 0 Å². The number of thioether (sulfide) groups is 1. The zero-order chi connectivity index (χ0) is 20.8. The molecule has 29 heavy (non-hydrogen) atoms. The van der Waals surface area contributed by atoms with Crippen LogP contribution in [0.2, 0.25) is 0 Å². The Labute approximate surface area is 173 Å². The molecule has 0 bridgehead atoms. The van der Waals surface area contributed by atoms with E-state index >= 15 is 0 Å². The molecular formula is C21H24N2O5S. The quantitative estimate of drug-likeness (QED) is 0.698. The number of rotatable bonds is 7. The van der Waals surface area contributed by atoms with Crippen LogP contribution in [-0.2, 0) is 19.1 Å². The maximum absolute atomic E-state index is 12.5. The lowest BCUT2D eigenvalue weighted by atomic mass is 10.0. The molecule has 7 nitrogen and oxygen atoms in total. The van der Waals surface area contributed by atoms with E-state index in [-0.39, 0.29) is 29.7 Å². The van der Waals surface area contributed by atoms with Crippen molar-refractivity contribution in [2.75, 3.05) is 18.9 Å². The third-order valence-corrected chi connectivity index (χ3v) is 6.03. The van der Waals surface area contributed by atoms with Gasteiger partial charge in [0.2, 0.25) is 5.91 Å². The second-order valence-electron chi connectivity index (χ2n) is 6.87. The standard InChI is InChI=1S/C21H24N2O5S/c1-14(16-7-4-3-5-8-16)11-22-19(25)12-28-21(26)17-13-29-20(23(17)15(2)24)18-9-6-10-27-18/h3-10,14,17,20H,11-13H2,1-2H3,(H,22,25)/t14-,17+,20+/m0/s1. The van der Waals surface area contributed by atoms with E-state index in [0.717, 1.165) is 5.56 Å². The molecule has 154 valence electrons. The average molecular weight is 416 g/mol. The van der Waals surface area contributed by atoms with Gasteiger partial charge in [-0.05, 0) is 23.6 Å². The van der Waals surface area contributed by atoms with Crippen molar-refractivity contribution in [1.29, 1.82) is 0 Å². The monoisotopic (exact) mass is 416 g/mol. The topological polar surface area (TPSA) is 88.8 Å². The Morgan fingerprint density at radius 3 is 2.66 bits per heavy atom. The van der Waals surface area contributed by atoms with Crippen LogP contribution in [0, 0.1) is 0 Å². The smallest absolute Gasteiger partial charge is 0.330 e. The van der Waals surface area contributed by atoms with Crippen molar-refractivity contribution < 1.29 is 23.5 Å². The average Bonchev–Trinajstić information content (AvgIpc) is 3.40. The summed E-state index contributed by atoms with van der Waals surface area (Å²) in [5.41, 5.74) is 1.12. The largest absolute Gasteiger partial charge is 0.466 e. The van der Waals surface area contributed by atoms with Gasteiger partial charge in [-0.2, -0.15) is 0 Å². The van der Waals surface area contributed by atoms with Gasteiger partial charge in [0.05, 0.1) is 6.26 Å². The number of nitrogens with one attached hydrogen (secondary N) is 1. The SMILES string of the molecule is CC(=O)N1[C@@H](C(=O)OCC(=O)NC[C@H](C)c2ccccc2)CS[C@@H]1c1ccco1. The highest BCUT2D eigenvalue weighted by atomic mass is 32.2. The summed E-state index contributed by atoms with van der Waals surface area (Å²) in [6.07, 6.45) is 1.53. The van der Waals surface area contributed by atoms with E-state index in [9.17, 15) is 14.4 Å². The Balaban J connectivity index is 1.49. The summed E-state index contributed by atoms with van der Waals surface area (Å²) < 4.78 is 10.6. The van der Waals surface area contributed by atoms with Crippen LogP contribution >= 0.6 is 11.8 Å². The number of hydrogen-bond acceptors (Lipinski definition) is 6. The lowest BCUT2D eigenvalue weighted by Crippen LogP contribution is -2.43. The van der Waals surface area contributed by atoms with Crippen molar-refractivity contribution in [3.63, 3.8) is 0 Å². The lowest BCUT2D eigenvalue weighted by Gasteiger charge is -2.25. The van der Waals surface area contributed by atoms with Crippen molar-refractivity contribution in [3.05, 3.63) is 60.1 Å². The van der Waals surface area contributed by atoms with Gasteiger partial charge in [-0.1, -0.05) is 37.3 Å². The highest BCUT2D eigenvalue weighted by molar-refractivity contribution is 7.99. The number of carbonyl (C=O) groups excluding carboxylic acids is 3. The Morgan fingerprint density at radius 1 is 1.24 bits per heavy atom. The number of amides is 2. The van der Waals surface area contributed by atoms with Gasteiger partial charge in [-0.25, -0.2) is 4.79 Å². The van der Waals surface area contributed by atoms with E-state index in [4.69, 9.17) is 9.15 Å². The van der Waals surface area contributed by atoms with Crippen LogP contribution in [0.15, 0.2) is 53.1 Å². The van der Waals surface area contributed by atoms with Crippen molar-refractivity contribution in [3.8, 4) is 0 Å². The molecule has 8 heteroatoms. The lowest BCUT2D eigenvalue weighted by molar-refractivity contribution is -0.156. The molecule has 1 aromatic heterocycles. The molecule has 2 amide bonds. The summed E-state index contributed by atoms with van der Waals surface area (Å²) >= 11 is 1.43. The normalized spacial score (nSPS) is 19.6. The van der Waals surface area contributed by atoms with Gasteiger partial charge >= 0.3 is 5.97 Å². The predicted molar refractivity (Wildman–Crippen MR) is 109 cm³/mol. The molecule has 2 aromatic rings. The second kappa shape index (κ2) is 9.65. The van der Waals surface area contributed by atoms with Crippen LogP contribution in [-0.4, -0.2) is 47.6 Å². The third kappa shape index (κ3) is 5.20. The van der Waals surface area contributed by atoms with E-state index in [1.807, 2.05) is 37.3 Å². The summed E-state index contributed by atoms with van der Waals surface area (Å²) in [7, 11) is 0. The zero-order valence-corrected chi connectivity index (χ0v) is 17.2. The van der Waals surface area contributed by atoms with Crippen LogP contribution in [0.4, 0.5) is 0 Å². The van der Waals surface area contributed by atoms with Gasteiger partial charge in [0.25, 0.3) is 5.91 Å². The minimum absolute atomic E-state index is 0.143. The number of nitrogens with zero attached hydrogens (tertiary/aromatic N) is 1. The number of esters is 1. The first-order chi connectivity index (χ1) is 14.0. The van der Waals surface area contributed by atoms with Gasteiger partial charge in [0.15, 0.2) is 6.61 Å². The second-order valence-corrected chi connectivity index (χ2v) is 7.98. The number of furan rings is 1. The van der Waals surface area contributed by atoms with Crippen LogP contribution in [0.5, 0.6) is 0 Å². The molecule has 1 aliphatic rings. The molecule has 1 saturated heterocycles. The predicted octanol–water partition coefficient (Wildman–Crippen LogP) is 2.71. The van der Waals surface area contributed by atoms with Gasteiger partial charge < -0.3 is 19.4 Å². The molecule has 0 unspecified atom stereocenters. The van der Waals surface area contributed by atoms with E-state index < -0.39 is 12.0 Å². The Morgan fingerprint density at radius 2 is 2.00 bits per heavy atom. The maximum Gasteiger partial charge on any atom is 0.330 e. The fourth-order valence-electron chi connectivity index (χ4n) is 3.17. The number of benzene rings is 1. The first-order valence-electron chi connectivity index (χ1n) is 9.39. The highest BCUT2D eigenvalue weighted by Gasteiger charge is 2.43. The fraction of sp³-hybridized carbons (Fsp3) is 0.381. The molecular weight excluding hydrogens is 392 g/mol. The summed E-state index contributed by atoms with van der Waals surface area (Å²) in [6, 6.07) is 12.6. The summed E-state index contributed by atoms with van der Waals surface area (Å²) in [5.74, 6) is -0.0788. The first-order valence-corrected chi connectivity index (χ1v) is 10.4. The van der Waals surface area contributed by atoms with Crippen molar-refractivity contribution in [2.24, 2.45) is 0 Å². The van der Waals surface area contributed by atoms with E-state index in [0.29, 0.717) is 18.1 Å². The molecule has 1 fully saturated rings. The highest BCUT2D eigenvalue weighted by Crippen LogP contribution is 2.41. The number of carbonyl (C=O) groups is 3. The van der Waals surface area contributed by atoms with Crippen LogP contribution < -0.4 is 5.32 Å². The molecule has 1 aliphatic heterocycles. The van der Waals surface area contributed by atoms with Crippen LogP contribution in [0.1, 0.15) is 36.5 Å². The molecule has 3 rings (SSSR count). The van der Waals surface area contributed by atoms with Gasteiger partial charge in [-0.3, -0.25) is 9.59 Å². The van der Waals surface area contributed by atoms with Gasteiger partial charge in [0, 0.05) is 19.2 Å². The molecule has 3 atom stereocenters. The van der Waals surface area contributed by atoms with E-state index in [1.54, 1.807) is 12.1 Å². The molecule has 0 spiro atoms. The Bertz CT molecular complexity index is 840. The van der Waals surface area contributed by atoms with Crippen LogP contribution in [0.3, 0.4) is 0 Å². The molecule has 0 aliphatic carbocycles. The van der Waals surface area contributed by atoms with Crippen molar-refractivity contribution in [2.45, 2.75) is 31.2 Å². The van der Waals surface area contributed by atoms with Crippen molar-refractivity contribution >= 4 is 29.5 Å². The summed E-state index contributed by atoms with van der Waals surface area (Å²) in [5, 5.41) is 2.40. The minimum atomic E-state index is -0.747. The van der Waals surface area contributed by atoms with Gasteiger partial charge in [-0.15, -0.1) is 11.8 Å². The van der Waals surface area contributed by atoms with E-state index in [2.05, 4.69) is 5.32 Å². The molecule has 0 saturated carbocycles. The molecule has 1 aromatic carbocycles. The summed E-state index contributed by atoms with van der Waals surface area (Å²) in [6.45, 7) is 3.48. The van der Waals surface area contributed by atoms with Gasteiger partial charge in [0.1, 0.15) is 17.2 Å². The molecule has 2 heterocycles. The Kier molecular flexibility index (Phi) is 6.98. The van der Waals surface area contributed by atoms with Crippen molar-refractivity contribution in [1.82, 2.24) is 10.2 Å². The third-order valence-electron chi connectivity index (χ3n) is 4.74. The maximum atomic E-state index is 12.5. The first kappa shape index (κ1) is 21.0.